The molecule has 3 aliphatic rings. The van der Waals surface area contributed by atoms with E-state index in [-0.39, 0.29) is 48.2 Å². The van der Waals surface area contributed by atoms with Crippen LogP contribution in [-0.2, 0) is 28.7 Å². The van der Waals surface area contributed by atoms with E-state index in [1.807, 2.05) is 37.3 Å². The predicted octanol–water partition coefficient (Wildman–Crippen LogP) is 4.47. The Morgan fingerprint density at radius 2 is 1.96 bits per heavy atom. The Kier molecular flexibility index (Phi) is 13.2. The third-order valence-electron chi connectivity index (χ3n) is 9.69. The van der Waals surface area contributed by atoms with Crippen molar-refractivity contribution < 1.29 is 33.8 Å². The number of nitrogens with one attached hydrogen (secondary N) is 1. The molecule has 0 saturated carbocycles. The van der Waals surface area contributed by atoms with Crippen molar-refractivity contribution in [2.24, 2.45) is 11.8 Å². The van der Waals surface area contributed by atoms with E-state index in [0.29, 0.717) is 50.8 Å². The summed E-state index contributed by atoms with van der Waals surface area (Å²) in [6, 6.07) is 8.18. The van der Waals surface area contributed by atoms with Crippen LogP contribution in [-0.4, -0.2) is 93.5 Å². The molecule has 1 aromatic carbocycles. The Hall–Kier alpha value is -3.02. The highest BCUT2D eigenvalue weighted by molar-refractivity contribution is 9.09. The van der Waals surface area contributed by atoms with E-state index in [4.69, 9.17) is 9.47 Å². The van der Waals surface area contributed by atoms with Gasteiger partial charge in [0.2, 0.25) is 17.7 Å². The van der Waals surface area contributed by atoms with Gasteiger partial charge in [0.05, 0.1) is 24.5 Å². The van der Waals surface area contributed by atoms with Crippen molar-refractivity contribution in [1.82, 2.24) is 15.1 Å². The Morgan fingerprint density at radius 3 is 2.62 bits per heavy atom. The Labute approximate surface area is 287 Å². The maximum Gasteiger partial charge on any atom is 0.313 e. The lowest BCUT2D eigenvalue weighted by molar-refractivity contribution is -0.160. The van der Waals surface area contributed by atoms with E-state index in [2.05, 4.69) is 41.3 Å². The summed E-state index contributed by atoms with van der Waals surface area (Å²) in [7, 11) is 0. The van der Waals surface area contributed by atoms with Gasteiger partial charge in [0, 0.05) is 37.0 Å². The number of likely N-dealkylation sites (tertiary alicyclic amines) is 1. The summed E-state index contributed by atoms with van der Waals surface area (Å²) in [6.07, 6.45) is 6.66. The van der Waals surface area contributed by atoms with Crippen molar-refractivity contribution in [3.8, 4) is 0 Å². The monoisotopic (exact) mass is 715 g/mol. The van der Waals surface area contributed by atoms with Gasteiger partial charge in [-0.25, -0.2) is 0 Å². The number of nitrogens with zero attached hydrogens (tertiary/aromatic N) is 2. The number of benzene rings is 1. The molecule has 0 radical (unpaired) electrons. The smallest absolute Gasteiger partial charge is 0.313 e. The van der Waals surface area contributed by atoms with Crippen molar-refractivity contribution in [2.45, 2.75) is 99.9 Å². The van der Waals surface area contributed by atoms with Crippen LogP contribution in [0.5, 0.6) is 0 Å². The molecule has 3 saturated heterocycles. The number of hydrogen-bond donors (Lipinski definition) is 2. The lowest BCUT2D eigenvalue weighted by Gasteiger charge is -2.39. The fourth-order valence-corrected chi connectivity index (χ4v) is 8.43. The average Bonchev–Trinajstić information content (AvgIpc) is 3.66. The first-order chi connectivity index (χ1) is 22.6. The van der Waals surface area contributed by atoms with Crippen LogP contribution in [0, 0.1) is 11.8 Å². The molecule has 1 spiro atoms. The van der Waals surface area contributed by atoms with Crippen molar-refractivity contribution in [3.05, 3.63) is 61.2 Å². The second-order valence-corrected chi connectivity index (χ2v) is 14.0. The third kappa shape index (κ3) is 7.84. The summed E-state index contributed by atoms with van der Waals surface area (Å²) in [5.41, 5.74) is -0.500. The van der Waals surface area contributed by atoms with E-state index in [0.717, 1.165) is 12.8 Å². The number of hydrogen-bond acceptors (Lipinski definition) is 7. The third-order valence-corrected chi connectivity index (χ3v) is 10.5. The van der Waals surface area contributed by atoms with Crippen LogP contribution in [0.4, 0.5) is 0 Å². The fraction of sp³-hybridized carbons (Fsp3) is 0.611. The molecule has 10 nitrogen and oxygen atoms in total. The number of esters is 1. The molecule has 3 heterocycles. The minimum absolute atomic E-state index is 0.0474. The average molecular weight is 717 g/mol. The number of carbonyl (C=O) groups is 4. The van der Waals surface area contributed by atoms with Gasteiger partial charge in [0.25, 0.3) is 0 Å². The molecule has 2 N–H and O–H groups in total. The lowest BCUT2D eigenvalue weighted by Crippen LogP contribution is -2.58. The molecule has 47 heavy (non-hydrogen) atoms. The summed E-state index contributed by atoms with van der Waals surface area (Å²) in [6.45, 7) is 12.4. The van der Waals surface area contributed by atoms with E-state index in [1.54, 1.807) is 22.0 Å². The number of aliphatic hydroxyl groups excluding tert-OH is 1. The summed E-state index contributed by atoms with van der Waals surface area (Å²) in [5, 5.41) is 12.2. The van der Waals surface area contributed by atoms with Crippen molar-refractivity contribution in [2.75, 3.05) is 26.2 Å². The number of fused-ring (bicyclic) bond motifs is 1. The number of unbranched alkanes of at least 4 members (excludes halogenated alkanes) is 2. The highest BCUT2D eigenvalue weighted by Gasteiger charge is 2.77. The van der Waals surface area contributed by atoms with Crippen molar-refractivity contribution in [1.29, 1.82) is 0 Å². The normalized spacial score (nSPS) is 27.2. The summed E-state index contributed by atoms with van der Waals surface area (Å²) < 4.78 is 12.8. The van der Waals surface area contributed by atoms with E-state index in [1.165, 1.54) is 0 Å². The molecule has 3 amide bonds. The second-order valence-electron chi connectivity index (χ2n) is 12.9. The zero-order chi connectivity index (χ0) is 34.1. The summed E-state index contributed by atoms with van der Waals surface area (Å²) >= 11 is 3.74. The SMILES string of the molecule is C=CCCC(=O)NC[C@@H](OC(=O)[C@H]1[C@@H]2O[C@@]3(CC2Br)[C@@H]1C(=O)N(CCCCCO)[C@@H]3C(=O)N(CC=C)C(C)CCC)c1ccccc1. The van der Waals surface area contributed by atoms with Gasteiger partial charge >= 0.3 is 5.97 Å². The molecule has 0 aliphatic carbocycles. The first kappa shape index (κ1) is 36.8. The molecular formula is C36H50BrN3O7. The number of alkyl halides is 1. The number of amides is 3. The number of rotatable bonds is 19. The van der Waals surface area contributed by atoms with Gasteiger partial charge in [-0.1, -0.05) is 71.8 Å². The Balaban J connectivity index is 1.66. The number of halogens is 1. The number of allylic oxidation sites excluding steroid dienone is 1. The number of aliphatic hydroxyl groups is 1. The van der Waals surface area contributed by atoms with Gasteiger partial charge in [-0.2, -0.15) is 0 Å². The van der Waals surface area contributed by atoms with Crippen LogP contribution in [0.2, 0.25) is 0 Å². The van der Waals surface area contributed by atoms with Crippen LogP contribution >= 0.6 is 15.9 Å². The Morgan fingerprint density at radius 1 is 1.21 bits per heavy atom. The van der Waals surface area contributed by atoms with Gasteiger partial charge in [-0.3, -0.25) is 19.2 Å². The first-order valence-electron chi connectivity index (χ1n) is 16.9. The largest absolute Gasteiger partial charge is 0.455 e. The maximum absolute atomic E-state index is 14.6. The highest BCUT2D eigenvalue weighted by Crippen LogP contribution is 2.60. The predicted molar refractivity (Wildman–Crippen MR) is 182 cm³/mol. The molecule has 2 unspecified atom stereocenters. The van der Waals surface area contributed by atoms with Crippen LogP contribution in [0.3, 0.4) is 0 Å². The lowest BCUT2D eigenvalue weighted by atomic mass is 9.70. The van der Waals surface area contributed by atoms with Gasteiger partial charge in [0.1, 0.15) is 17.7 Å². The molecule has 0 aromatic heterocycles. The minimum Gasteiger partial charge on any atom is -0.455 e. The molecule has 2 bridgehead atoms. The zero-order valence-corrected chi connectivity index (χ0v) is 29.2. The number of carbonyl (C=O) groups excluding carboxylic acids is 4. The van der Waals surface area contributed by atoms with Gasteiger partial charge in [0.15, 0.2) is 0 Å². The summed E-state index contributed by atoms with van der Waals surface area (Å²) in [5.74, 6) is -3.11. The van der Waals surface area contributed by atoms with E-state index in [9.17, 15) is 24.3 Å². The van der Waals surface area contributed by atoms with Gasteiger partial charge in [-0.05, 0) is 51.0 Å². The first-order valence-corrected chi connectivity index (χ1v) is 17.8. The standard InChI is InChI=1S/C36H50BrN3O7/c1-5-8-18-28(42)38-23-27(25-16-11-9-12-17-25)46-35(45)29-30-33(43)40(20-13-10-14-21-41)32(36(30)22-26(37)31(29)47-36)34(44)39(19-7-3)24(4)15-6-2/h5,7,9,11-12,16-17,24,26-27,29-32,41H,1,3,6,8,10,13-15,18-23H2,2,4H3,(H,38,42)/t24?,26?,27-,29-,30+,31-,32-,36+/m1/s1. The molecule has 3 aliphatic heterocycles. The molecule has 3 fully saturated rings. The second kappa shape index (κ2) is 16.9. The number of ether oxygens (including phenoxy) is 2. The van der Waals surface area contributed by atoms with Crippen molar-refractivity contribution in [3.63, 3.8) is 0 Å². The molecule has 1 aromatic rings. The molecule has 258 valence electrons. The van der Waals surface area contributed by atoms with Gasteiger partial charge < -0.3 is 29.7 Å². The highest BCUT2D eigenvalue weighted by atomic mass is 79.9. The van der Waals surface area contributed by atoms with Gasteiger partial charge in [-0.15, -0.1) is 13.2 Å². The molecule has 4 rings (SSSR count). The van der Waals surface area contributed by atoms with E-state index >= 15 is 0 Å². The Bertz CT molecular complexity index is 1280. The van der Waals surface area contributed by atoms with Crippen LogP contribution < -0.4 is 5.32 Å². The zero-order valence-electron chi connectivity index (χ0n) is 27.7. The molecule has 8 atom stereocenters. The van der Waals surface area contributed by atoms with Crippen LogP contribution in [0.25, 0.3) is 0 Å². The molecule has 11 heteroatoms. The maximum atomic E-state index is 14.6. The van der Waals surface area contributed by atoms with Crippen LogP contribution in [0.1, 0.15) is 76.9 Å². The van der Waals surface area contributed by atoms with Crippen LogP contribution in [0.15, 0.2) is 55.6 Å². The fourth-order valence-electron chi connectivity index (χ4n) is 7.49. The quantitative estimate of drug-likeness (QED) is 0.0938. The molecular weight excluding hydrogens is 666 g/mol. The summed E-state index contributed by atoms with van der Waals surface area (Å²) in [4.78, 5) is 58.8. The minimum atomic E-state index is -1.21. The van der Waals surface area contributed by atoms with E-state index < -0.39 is 41.7 Å². The topological polar surface area (TPSA) is 125 Å². The van der Waals surface area contributed by atoms with Crippen molar-refractivity contribution >= 4 is 39.6 Å².